The highest BCUT2D eigenvalue weighted by atomic mass is 16.5. The van der Waals surface area contributed by atoms with Crippen molar-refractivity contribution in [3.8, 4) is 0 Å². The average molecular weight is 391 g/mol. The van der Waals surface area contributed by atoms with Gasteiger partial charge in [-0.05, 0) is 39.0 Å². The number of rotatable bonds is 7. The Kier molecular flexibility index (Phi) is 7.85. The van der Waals surface area contributed by atoms with Crippen molar-refractivity contribution in [2.75, 3.05) is 32.8 Å². The Morgan fingerprint density at radius 3 is 2.79 bits per heavy atom. The lowest BCUT2D eigenvalue weighted by Gasteiger charge is -2.35. The highest BCUT2D eigenvalue weighted by molar-refractivity contribution is 5.80. The fourth-order valence-electron chi connectivity index (χ4n) is 3.58. The molecule has 156 valence electrons. The van der Waals surface area contributed by atoms with Crippen LogP contribution in [0.15, 0.2) is 17.6 Å². The second kappa shape index (κ2) is 10.6. The Bertz CT molecular complexity index is 645. The summed E-state index contributed by atoms with van der Waals surface area (Å²) in [6, 6.07) is 0. The molecule has 0 bridgehead atoms. The van der Waals surface area contributed by atoms with Gasteiger partial charge in [0.05, 0.1) is 18.8 Å². The van der Waals surface area contributed by atoms with E-state index in [1.165, 1.54) is 12.8 Å². The number of nitrogens with one attached hydrogen (secondary N) is 1. The molecular formula is C20H34N6O2. The van der Waals surface area contributed by atoms with Crippen LogP contribution in [-0.4, -0.2) is 70.7 Å². The minimum absolute atomic E-state index is 0.285. The van der Waals surface area contributed by atoms with Gasteiger partial charge in [-0.1, -0.05) is 6.08 Å². The molecular weight excluding hydrogens is 356 g/mol. The van der Waals surface area contributed by atoms with Crippen LogP contribution in [0, 0.1) is 6.92 Å². The SMILES string of the molecule is C=CCNC(=NCc1nnc(C)n1C)N1CCC(OCC2CCCCO2)CC1. The minimum Gasteiger partial charge on any atom is -0.376 e. The molecule has 1 N–H and O–H groups in total. The van der Waals surface area contributed by atoms with E-state index in [2.05, 4.69) is 27.0 Å². The topological polar surface area (TPSA) is 76.8 Å². The van der Waals surface area contributed by atoms with Gasteiger partial charge < -0.3 is 24.3 Å². The van der Waals surface area contributed by atoms with E-state index in [1.807, 2.05) is 24.6 Å². The van der Waals surface area contributed by atoms with Gasteiger partial charge in [0.2, 0.25) is 0 Å². The number of likely N-dealkylation sites (tertiary alicyclic amines) is 1. The Morgan fingerprint density at radius 1 is 1.32 bits per heavy atom. The molecule has 0 aliphatic carbocycles. The van der Waals surface area contributed by atoms with Crippen molar-refractivity contribution < 1.29 is 9.47 Å². The van der Waals surface area contributed by atoms with Crippen molar-refractivity contribution in [3.63, 3.8) is 0 Å². The molecule has 2 saturated heterocycles. The number of aromatic nitrogens is 3. The second-order valence-electron chi connectivity index (χ2n) is 7.54. The molecule has 28 heavy (non-hydrogen) atoms. The van der Waals surface area contributed by atoms with Gasteiger partial charge in [0.25, 0.3) is 0 Å². The molecule has 1 atom stereocenters. The third kappa shape index (κ3) is 5.78. The van der Waals surface area contributed by atoms with E-state index in [1.54, 1.807) is 0 Å². The molecule has 0 spiro atoms. The van der Waals surface area contributed by atoms with Gasteiger partial charge in [-0.3, -0.25) is 0 Å². The Labute approximate surface area is 168 Å². The largest absolute Gasteiger partial charge is 0.376 e. The van der Waals surface area contributed by atoms with Crippen LogP contribution < -0.4 is 5.32 Å². The lowest BCUT2D eigenvalue weighted by Crippen LogP contribution is -2.47. The zero-order valence-corrected chi connectivity index (χ0v) is 17.3. The number of hydrogen-bond acceptors (Lipinski definition) is 5. The lowest BCUT2D eigenvalue weighted by molar-refractivity contribution is -0.0721. The second-order valence-corrected chi connectivity index (χ2v) is 7.54. The molecule has 0 radical (unpaired) electrons. The van der Waals surface area contributed by atoms with E-state index < -0.39 is 0 Å². The van der Waals surface area contributed by atoms with Gasteiger partial charge in [0.15, 0.2) is 11.8 Å². The van der Waals surface area contributed by atoms with E-state index in [9.17, 15) is 0 Å². The summed E-state index contributed by atoms with van der Waals surface area (Å²) in [6.07, 6.45) is 8.02. The van der Waals surface area contributed by atoms with Crippen LogP contribution in [-0.2, 0) is 23.1 Å². The van der Waals surface area contributed by atoms with Crippen LogP contribution in [0.3, 0.4) is 0 Å². The van der Waals surface area contributed by atoms with E-state index in [4.69, 9.17) is 14.5 Å². The first-order chi connectivity index (χ1) is 13.7. The quantitative estimate of drug-likeness (QED) is 0.435. The molecule has 2 aliphatic rings. The van der Waals surface area contributed by atoms with E-state index in [-0.39, 0.29) is 6.10 Å². The van der Waals surface area contributed by atoms with E-state index in [0.29, 0.717) is 19.2 Å². The molecule has 0 aromatic carbocycles. The van der Waals surface area contributed by atoms with Crippen molar-refractivity contribution in [2.45, 2.75) is 57.8 Å². The first-order valence-electron chi connectivity index (χ1n) is 10.4. The van der Waals surface area contributed by atoms with Crippen molar-refractivity contribution in [3.05, 3.63) is 24.3 Å². The first kappa shape index (κ1) is 20.8. The number of piperidine rings is 1. The molecule has 1 unspecified atom stereocenters. The summed E-state index contributed by atoms with van der Waals surface area (Å²) in [4.78, 5) is 7.07. The maximum atomic E-state index is 6.13. The summed E-state index contributed by atoms with van der Waals surface area (Å²) in [5.41, 5.74) is 0. The summed E-state index contributed by atoms with van der Waals surface area (Å²) in [7, 11) is 1.97. The summed E-state index contributed by atoms with van der Waals surface area (Å²) >= 11 is 0. The minimum atomic E-state index is 0.285. The smallest absolute Gasteiger partial charge is 0.194 e. The summed E-state index contributed by atoms with van der Waals surface area (Å²) < 4.78 is 13.9. The summed E-state index contributed by atoms with van der Waals surface area (Å²) in [5.74, 6) is 2.65. The number of aryl methyl sites for hydroxylation is 1. The summed E-state index contributed by atoms with van der Waals surface area (Å²) in [6.45, 7) is 10.4. The number of aliphatic imine (C=N–C) groups is 1. The fourth-order valence-corrected chi connectivity index (χ4v) is 3.58. The highest BCUT2D eigenvalue weighted by Crippen LogP contribution is 2.18. The van der Waals surface area contributed by atoms with Crippen LogP contribution in [0.25, 0.3) is 0 Å². The molecule has 0 saturated carbocycles. The highest BCUT2D eigenvalue weighted by Gasteiger charge is 2.24. The average Bonchev–Trinajstić information content (AvgIpc) is 3.06. The molecule has 0 amide bonds. The normalized spacial score (nSPS) is 21.7. The number of hydrogen-bond donors (Lipinski definition) is 1. The molecule has 2 fully saturated rings. The summed E-state index contributed by atoms with van der Waals surface area (Å²) in [5, 5.41) is 11.7. The molecule has 2 aliphatic heterocycles. The van der Waals surface area contributed by atoms with Crippen molar-refractivity contribution in [1.82, 2.24) is 25.0 Å². The molecule has 8 heteroatoms. The number of guanidine groups is 1. The van der Waals surface area contributed by atoms with Crippen LogP contribution in [0.5, 0.6) is 0 Å². The molecule has 3 heterocycles. The monoisotopic (exact) mass is 390 g/mol. The molecule has 3 rings (SSSR count). The predicted octanol–water partition coefficient (Wildman–Crippen LogP) is 1.81. The van der Waals surface area contributed by atoms with Crippen LogP contribution >= 0.6 is 0 Å². The molecule has 8 nitrogen and oxygen atoms in total. The van der Waals surface area contributed by atoms with Gasteiger partial charge in [0, 0.05) is 33.3 Å². The van der Waals surface area contributed by atoms with Crippen LogP contribution in [0.4, 0.5) is 0 Å². The Morgan fingerprint density at radius 2 is 2.14 bits per heavy atom. The lowest BCUT2D eigenvalue weighted by atomic mass is 10.1. The maximum Gasteiger partial charge on any atom is 0.194 e. The van der Waals surface area contributed by atoms with Crippen molar-refractivity contribution >= 4 is 5.96 Å². The first-order valence-corrected chi connectivity index (χ1v) is 10.4. The molecule has 1 aromatic heterocycles. The zero-order valence-electron chi connectivity index (χ0n) is 17.3. The number of nitrogens with zero attached hydrogens (tertiary/aromatic N) is 5. The Balaban J connectivity index is 1.50. The van der Waals surface area contributed by atoms with Gasteiger partial charge in [0.1, 0.15) is 12.4 Å². The van der Waals surface area contributed by atoms with Gasteiger partial charge in [-0.2, -0.15) is 0 Å². The predicted molar refractivity (Wildman–Crippen MR) is 109 cm³/mol. The van der Waals surface area contributed by atoms with Crippen LogP contribution in [0.2, 0.25) is 0 Å². The standard InChI is InChI=1S/C20H34N6O2/c1-4-10-21-20(22-14-19-24-23-16(2)25(19)3)26-11-8-17(9-12-26)28-15-18-7-5-6-13-27-18/h4,17-18H,1,5-15H2,2-3H3,(H,21,22). The van der Waals surface area contributed by atoms with Crippen molar-refractivity contribution in [2.24, 2.45) is 12.0 Å². The zero-order chi connectivity index (χ0) is 19.8. The van der Waals surface area contributed by atoms with Crippen LogP contribution in [0.1, 0.15) is 43.8 Å². The Hall–Kier alpha value is -1.93. The van der Waals surface area contributed by atoms with Gasteiger partial charge in [-0.25, -0.2) is 4.99 Å². The van der Waals surface area contributed by atoms with Gasteiger partial charge in [-0.15, -0.1) is 16.8 Å². The maximum absolute atomic E-state index is 6.13. The number of ether oxygens (including phenoxy) is 2. The van der Waals surface area contributed by atoms with E-state index in [0.717, 1.165) is 63.2 Å². The third-order valence-corrected chi connectivity index (χ3v) is 5.49. The van der Waals surface area contributed by atoms with E-state index >= 15 is 0 Å². The van der Waals surface area contributed by atoms with Gasteiger partial charge >= 0.3 is 0 Å². The molecule has 1 aromatic rings. The third-order valence-electron chi connectivity index (χ3n) is 5.49. The van der Waals surface area contributed by atoms with Crippen molar-refractivity contribution in [1.29, 1.82) is 0 Å². The fraction of sp³-hybridized carbons (Fsp3) is 0.750.